The van der Waals surface area contributed by atoms with E-state index in [9.17, 15) is 19.5 Å². The zero-order valence-corrected chi connectivity index (χ0v) is 19.8. The lowest BCUT2D eigenvalue weighted by Crippen LogP contribution is -2.68. The van der Waals surface area contributed by atoms with Crippen LogP contribution in [0.5, 0.6) is 11.5 Å². The van der Waals surface area contributed by atoms with Crippen LogP contribution in [0.2, 0.25) is 0 Å². The maximum absolute atomic E-state index is 13.4. The Morgan fingerprint density at radius 1 is 1.06 bits per heavy atom. The van der Waals surface area contributed by atoms with Gasteiger partial charge in [-0.2, -0.15) is 0 Å². The number of nitrogens with two attached hydrogens (primary N) is 1. The van der Waals surface area contributed by atoms with Crippen molar-refractivity contribution < 1.29 is 29.0 Å². The number of ether oxygens (including phenoxy) is 2. The second-order valence-corrected chi connectivity index (χ2v) is 8.26. The average Bonchev–Trinajstić information content (AvgIpc) is 2.88. The second kappa shape index (κ2) is 10.3. The number of amides is 3. The summed E-state index contributed by atoms with van der Waals surface area (Å²) < 4.78 is 11.0. The molecule has 0 spiro atoms. The molecule has 186 valence electrons. The largest absolute Gasteiger partial charge is 0.496 e. The number of methoxy groups -OCH3 is 2. The van der Waals surface area contributed by atoms with Crippen molar-refractivity contribution in [1.82, 2.24) is 15.2 Å². The Bertz CT molecular complexity index is 1250. The number of aliphatic carboxylic acids is 1. The molecule has 10 nitrogen and oxygen atoms in total. The van der Waals surface area contributed by atoms with E-state index in [4.69, 9.17) is 15.2 Å². The summed E-state index contributed by atoms with van der Waals surface area (Å²) in [5.41, 5.74) is 7.59. The monoisotopic (exact) mass is 490 g/mol. The van der Waals surface area contributed by atoms with Gasteiger partial charge in [0.1, 0.15) is 17.3 Å². The van der Waals surface area contributed by atoms with E-state index < -0.39 is 35.9 Å². The molecule has 4 rings (SSSR count). The fourth-order valence-electron chi connectivity index (χ4n) is 4.46. The summed E-state index contributed by atoms with van der Waals surface area (Å²) in [6.45, 7) is 0. The Morgan fingerprint density at radius 3 is 2.17 bits per heavy atom. The molecule has 3 amide bonds. The lowest BCUT2D eigenvalue weighted by atomic mass is 9.82. The topological polar surface area (TPSA) is 144 Å². The van der Waals surface area contributed by atoms with E-state index in [0.29, 0.717) is 28.2 Å². The number of rotatable bonds is 8. The second-order valence-electron chi connectivity index (χ2n) is 8.26. The number of nitrogen functional groups attached to an aromatic ring is 1. The smallest absolute Gasteiger partial charge is 0.327 e. The van der Waals surface area contributed by atoms with Gasteiger partial charge in [-0.1, -0.05) is 36.4 Å². The standard InChI is InChI=1S/C26H26N4O6/c1-35-19-9-5-3-7-16(19)22(17-8-4-6-10-20(17)36-2)29-26(34)30-23(25(32)33)18(24(30)31)13-15-11-12-28-21(27)14-15/h3-12,14,18,22-23H,13H2,1-2H3,(H2,27,28)(H,29,34)(H,32,33). The van der Waals surface area contributed by atoms with Crippen LogP contribution >= 0.6 is 0 Å². The van der Waals surface area contributed by atoms with Crippen LogP contribution in [0.15, 0.2) is 66.9 Å². The quantitative estimate of drug-likeness (QED) is 0.409. The molecule has 10 heteroatoms. The van der Waals surface area contributed by atoms with Crippen LogP contribution in [0, 0.1) is 5.92 Å². The summed E-state index contributed by atoms with van der Waals surface area (Å²) in [6.07, 6.45) is 1.61. The van der Waals surface area contributed by atoms with E-state index in [0.717, 1.165) is 4.90 Å². The third kappa shape index (κ3) is 4.65. The molecule has 0 radical (unpaired) electrons. The molecule has 1 aliphatic heterocycles. The van der Waals surface area contributed by atoms with Crippen LogP contribution in [-0.4, -0.2) is 53.2 Å². The maximum Gasteiger partial charge on any atom is 0.327 e. The normalized spacial score (nSPS) is 16.9. The molecule has 2 unspecified atom stereocenters. The Labute approximate surface area is 207 Å². The number of likely N-dealkylation sites (tertiary alicyclic amines) is 1. The minimum atomic E-state index is -1.33. The number of urea groups is 1. The van der Waals surface area contributed by atoms with Crippen molar-refractivity contribution in [3.05, 3.63) is 83.6 Å². The SMILES string of the molecule is COc1ccccc1C(NC(=O)N1C(=O)C(Cc2ccnc(N)c2)C1C(=O)O)c1ccccc1OC. The van der Waals surface area contributed by atoms with E-state index in [1.165, 1.54) is 20.4 Å². The number of carboxylic acids is 1. The van der Waals surface area contributed by atoms with E-state index in [-0.39, 0.29) is 12.2 Å². The average molecular weight is 491 g/mol. The number of pyridine rings is 1. The van der Waals surface area contributed by atoms with Gasteiger partial charge in [-0.15, -0.1) is 0 Å². The van der Waals surface area contributed by atoms with Crippen LogP contribution in [0.3, 0.4) is 0 Å². The number of para-hydroxylation sites is 2. The van der Waals surface area contributed by atoms with Gasteiger partial charge in [0.05, 0.1) is 26.2 Å². The molecule has 0 bridgehead atoms. The van der Waals surface area contributed by atoms with Crippen LogP contribution in [0.25, 0.3) is 0 Å². The Hall–Kier alpha value is -4.60. The first kappa shape index (κ1) is 24.5. The molecule has 2 aromatic carbocycles. The number of hydrogen-bond acceptors (Lipinski definition) is 7. The van der Waals surface area contributed by atoms with Gasteiger partial charge >= 0.3 is 12.0 Å². The lowest BCUT2D eigenvalue weighted by molar-refractivity contribution is -0.165. The highest BCUT2D eigenvalue weighted by Crippen LogP contribution is 2.36. The number of carbonyl (C=O) groups excluding carboxylic acids is 2. The number of carboxylic acid groups (broad SMARTS) is 1. The fourth-order valence-corrected chi connectivity index (χ4v) is 4.46. The number of hydrogen-bond donors (Lipinski definition) is 3. The molecular formula is C26H26N4O6. The maximum atomic E-state index is 13.4. The van der Waals surface area contributed by atoms with Gasteiger partial charge in [-0.25, -0.2) is 19.5 Å². The molecule has 0 saturated carbocycles. The summed E-state index contributed by atoms with van der Waals surface area (Å²) in [5, 5.41) is 12.7. The molecule has 2 heterocycles. The number of benzene rings is 2. The Balaban J connectivity index is 1.64. The highest BCUT2D eigenvalue weighted by Gasteiger charge is 2.55. The van der Waals surface area contributed by atoms with Gasteiger partial charge in [0.2, 0.25) is 5.91 Å². The van der Waals surface area contributed by atoms with Crippen molar-refractivity contribution in [3.63, 3.8) is 0 Å². The van der Waals surface area contributed by atoms with Crippen molar-refractivity contribution in [2.45, 2.75) is 18.5 Å². The number of nitrogens with one attached hydrogen (secondary N) is 1. The highest BCUT2D eigenvalue weighted by atomic mass is 16.5. The van der Waals surface area contributed by atoms with Crippen molar-refractivity contribution in [3.8, 4) is 11.5 Å². The van der Waals surface area contributed by atoms with Gasteiger partial charge in [0.25, 0.3) is 0 Å². The summed E-state index contributed by atoms with van der Waals surface area (Å²) in [4.78, 5) is 43.1. The number of β-lactam (4-membered cyclic amide) rings is 1. The predicted molar refractivity (Wildman–Crippen MR) is 130 cm³/mol. The first-order chi connectivity index (χ1) is 17.3. The molecule has 4 N–H and O–H groups in total. The van der Waals surface area contributed by atoms with Gasteiger partial charge in [0.15, 0.2) is 6.04 Å². The zero-order chi connectivity index (χ0) is 25.8. The lowest BCUT2D eigenvalue weighted by Gasteiger charge is -2.43. The molecule has 2 atom stereocenters. The summed E-state index contributed by atoms with van der Waals surface area (Å²) in [7, 11) is 3.02. The number of imide groups is 1. The number of nitrogens with zero attached hydrogens (tertiary/aromatic N) is 2. The van der Waals surface area contributed by atoms with Gasteiger partial charge in [0, 0.05) is 17.3 Å². The molecule has 1 fully saturated rings. The number of anilines is 1. The van der Waals surface area contributed by atoms with E-state index in [1.807, 2.05) is 0 Å². The Kier molecular flexibility index (Phi) is 7.05. The van der Waals surface area contributed by atoms with E-state index in [1.54, 1.807) is 60.7 Å². The first-order valence-electron chi connectivity index (χ1n) is 11.2. The summed E-state index contributed by atoms with van der Waals surface area (Å²) in [6, 6.07) is 14.5. The molecule has 1 aromatic heterocycles. The Morgan fingerprint density at radius 2 is 1.64 bits per heavy atom. The van der Waals surface area contributed by atoms with Crippen LogP contribution in [-0.2, 0) is 16.0 Å². The van der Waals surface area contributed by atoms with Crippen molar-refractivity contribution in [1.29, 1.82) is 0 Å². The van der Waals surface area contributed by atoms with E-state index >= 15 is 0 Å². The predicted octanol–water partition coefficient (Wildman–Crippen LogP) is 2.63. The summed E-state index contributed by atoms with van der Waals surface area (Å²) in [5.74, 6) is -1.50. The van der Waals surface area contributed by atoms with Gasteiger partial charge < -0.3 is 25.6 Å². The molecule has 3 aromatic rings. The highest BCUT2D eigenvalue weighted by molar-refractivity contribution is 6.07. The third-order valence-corrected chi connectivity index (χ3v) is 6.15. The zero-order valence-electron chi connectivity index (χ0n) is 19.8. The first-order valence-corrected chi connectivity index (χ1v) is 11.2. The minimum absolute atomic E-state index is 0.120. The minimum Gasteiger partial charge on any atom is -0.496 e. The fraction of sp³-hybridized carbons (Fsp3) is 0.231. The van der Waals surface area contributed by atoms with Crippen molar-refractivity contribution in [2.75, 3.05) is 20.0 Å². The van der Waals surface area contributed by atoms with Gasteiger partial charge in [-0.3, -0.25) is 4.79 Å². The molecule has 0 aliphatic carbocycles. The number of carbonyl (C=O) groups is 3. The molecule has 1 saturated heterocycles. The van der Waals surface area contributed by atoms with Crippen molar-refractivity contribution in [2.24, 2.45) is 5.92 Å². The van der Waals surface area contributed by atoms with Crippen molar-refractivity contribution >= 4 is 23.7 Å². The van der Waals surface area contributed by atoms with Gasteiger partial charge in [-0.05, 0) is 36.2 Å². The summed E-state index contributed by atoms with van der Waals surface area (Å²) >= 11 is 0. The molecular weight excluding hydrogens is 464 g/mol. The van der Waals surface area contributed by atoms with Crippen LogP contribution in [0.4, 0.5) is 10.6 Å². The third-order valence-electron chi connectivity index (χ3n) is 6.15. The van der Waals surface area contributed by atoms with Crippen LogP contribution < -0.4 is 20.5 Å². The molecule has 1 aliphatic rings. The van der Waals surface area contributed by atoms with Crippen LogP contribution in [0.1, 0.15) is 22.7 Å². The van der Waals surface area contributed by atoms with E-state index in [2.05, 4.69) is 10.3 Å². The number of aromatic nitrogens is 1. The molecule has 36 heavy (non-hydrogen) atoms.